The quantitative estimate of drug-likeness (QED) is 0.731. The monoisotopic (exact) mass is 224 g/mol. The van der Waals surface area contributed by atoms with Crippen molar-refractivity contribution in [3.8, 4) is 0 Å². The Labute approximate surface area is 101 Å². The summed E-state index contributed by atoms with van der Waals surface area (Å²) in [6.07, 6.45) is 11.6. The van der Waals surface area contributed by atoms with Crippen molar-refractivity contribution in [2.75, 3.05) is 26.2 Å². The van der Waals surface area contributed by atoms with Crippen LogP contribution in [-0.2, 0) is 0 Å². The second-order valence-corrected chi connectivity index (χ2v) is 5.72. The van der Waals surface area contributed by atoms with Crippen LogP contribution in [0.5, 0.6) is 0 Å². The fraction of sp³-hybridized carbons (Fsp3) is 1.00. The summed E-state index contributed by atoms with van der Waals surface area (Å²) in [4.78, 5) is 2.62. The summed E-state index contributed by atoms with van der Waals surface area (Å²) in [5.41, 5.74) is 5.56. The zero-order chi connectivity index (χ0) is 11.2. The standard InChI is InChI=1S/C14H28N2/c15-9-4-10-16-11-7-14(8-12-16)13-5-2-1-3-6-13/h13-14H,1-12,15H2/q+1. The third-order valence-corrected chi connectivity index (χ3v) is 4.63. The maximum atomic E-state index is 5.56. The van der Waals surface area contributed by atoms with Crippen LogP contribution < -0.4 is 10.6 Å². The van der Waals surface area contributed by atoms with Gasteiger partial charge in [0.1, 0.15) is 19.6 Å². The van der Waals surface area contributed by atoms with Crippen molar-refractivity contribution in [1.82, 2.24) is 4.90 Å². The van der Waals surface area contributed by atoms with Crippen LogP contribution in [0.4, 0.5) is 0 Å². The molecular formula is C14H28N2+. The van der Waals surface area contributed by atoms with Crippen molar-refractivity contribution < 1.29 is 0 Å². The minimum Gasteiger partial charge on any atom is -0.330 e. The van der Waals surface area contributed by atoms with Crippen LogP contribution in [0.1, 0.15) is 51.4 Å². The average molecular weight is 224 g/mol. The molecule has 16 heavy (non-hydrogen) atoms. The largest absolute Gasteiger partial charge is 0.330 e. The van der Waals surface area contributed by atoms with E-state index < -0.39 is 0 Å². The molecule has 2 nitrogen and oxygen atoms in total. The van der Waals surface area contributed by atoms with E-state index in [0.717, 1.165) is 18.4 Å². The summed E-state index contributed by atoms with van der Waals surface area (Å²) in [5, 5.41) is 0. The maximum Gasteiger partial charge on any atom is 0.124 e. The van der Waals surface area contributed by atoms with Gasteiger partial charge in [-0.25, -0.2) is 0 Å². The molecule has 0 unspecified atom stereocenters. The van der Waals surface area contributed by atoms with E-state index in [9.17, 15) is 0 Å². The molecule has 0 aromatic carbocycles. The molecule has 1 aliphatic heterocycles. The third kappa shape index (κ3) is 3.46. The van der Waals surface area contributed by atoms with Gasteiger partial charge in [0.05, 0.1) is 0 Å². The van der Waals surface area contributed by atoms with Gasteiger partial charge < -0.3 is 5.73 Å². The van der Waals surface area contributed by atoms with Crippen LogP contribution in [0.25, 0.3) is 0 Å². The molecule has 0 bridgehead atoms. The topological polar surface area (TPSA) is 31.9 Å². The predicted molar refractivity (Wildman–Crippen MR) is 69.7 cm³/mol. The SMILES string of the molecule is NCCC[N+]1CCC(C2CCCCC2)CC1. The van der Waals surface area contributed by atoms with Crippen LogP contribution >= 0.6 is 0 Å². The van der Waals surface area contributed by atoms with Gasteiger partial charge in [-0.05, 0) is 18.4 Å². The Hall–Kier alpha value is -0.0800. The Morgan fingerprint density at radius 1 is 0.875 bits per heavy atom. The number of piperidine rings is 1. The molecule has 1 aliphatic carbocycles. The molecule has 2 rings (SSSR count). The van der Waals surface area contributed by atoms with Gasteiger partial charge in [0.25, 0.3) is 0 Å². The molecule has 1 saturated carbocycles. The highest BCUT2D eigenvalue weighted by Crippen LogP contribution is 2.35. The Balaban J connectivity index is 1.67. The van der Waals surface area contributed by atoms with Crippen LogP contribution in [0.3, 0.4) is 0 Å². The second kappa shape index (κ2) is 6.61. The molecule has 2 N–H and O–H groups in total. The van der Waals surface area contributed by atoms with Crippen LogP contribution in [0.15, 0.2) is 0 Å². The lowest BCUT2D eigenvalue weighted by atomic mass is 9.76. The lowest BCUT2D eigenvalue weighted by Gasteiger charge is -2.33. The number of nitrogens with two attached hydrogens (primary N) is 1. The van der Waals surface area contributed by atoms with Crippen LogP contribution in [0, 0.1) is 11.8 Å². The highest BCUT2D eigenvalue weighted by atomic mass is 15.1. The van der Waals surface area contributed by atoms with Crippen LogP contribution in [0.2, 0.25) is 0 Å². The van der Waals surface area contributed by atoms with E-state index in [4.69, 9.17) is 5.73 Å². The number of nitrogens with zero attached hydrogens (tertiary/aromatic N) is 1. The summed E-state index contributed by atoms with van der Waals surface area (Å²) >= 11 is 0. The Bertz CT molecular complexity index is 179. The molecule has 2 heteroatoms. The Kier molecular flexibility index (Phi) is 5.11. The molecule has 93 valence electrons. The number of hydrogen-bond donors (Lipinski definition) is 1. The molecule has 0 atom stereocenters. The molecule has 2 aliphatic rings. The third-order valence-electron chi connectivity index (χ3n) is 4.63. The number of rotatable bonds is 4. The van der Waals surface area contributed by atoms with Gasteiger partial charge in [0, 0.05) is 19.3 Å². The number of hydrogen-bond acceptors (Lipinski definition) is 2. The van der Waals surface area contributed by atoms with Gasteiger partial charge in [-0.3, -0.25) is 0 Å². The molecule has 2 fully saturated rings. The minimum atomic E-state index is 0.850. The van der Waals surface area contributed by atoms with Gasteiger partial charge in [-0.15, -0.1) is 0 Å². The normalized spacial score (nSPS) is 26.1. The molecule has 1 radical (unpaired) electrons. The Morgan fingerprint density at radius 3 is 2.12 bits per heavy atom. The lowest BCUT2D eigenvalue weighted by Crippen LogP contribution is -2.41. The number of likely N-dealkylation sites (tertiary alicyclic amines) is 1. The fourth-order valence-corrected chi connectivity index (χ4v) is 3.57. The summed E-state index contributed by atoms with van der Waals surface area (Å²) < 4.78 is 0. The van der Waals surface area contributed by atoms with Gasteiger partial charge in [0.2, 0.25) is 0 Å². The van der Waals surface area contributed by atoms with E-state index in [2.05, 4.69) is 4.90 Å². The van der Waals surface area contributed by atoms with Crippen molar-refractivity contribution in [3.63, 3.8) is 0 Å². The highest BCUT2D eigenvalue weighted by molar-refractivity contribution is 4.82. The van der Waals surface area contributed by atoms with Crippen molar-refractivity contribution >= 4 is 0 Å². The van der Waals surface area contributed by atoms with E-state index in [1.165, 1.54) is 71.0 Å². The zero-order valence-corrected chi connectivity index (χ0v) is 10.7. The second-order valence-electron chi connectivity index (χ2n) is 5.72. The first-order valence-corrected chi connectivity index (χ1v) is 7.32. The minimum absolute atomic E-state index is 0.850. The highest BCUT2D eigenvalue weighted by Gasteiger charge is 2.31. The molecule has 0 aromatic rings. The summed E-state index contributed by atoms with van der Waals surface area (Å²) in [6.45, 7) is 4.75. The average Bonchev–Trinajstić information content (AvgIpc) is 2.38. The van der Waals surface area contributed by atoms with Crippen molar-refractivity contribution in [1.29, 1.82) is 0 Å². The fourth-order valence-electron chi connectivity index (χ4n) is 3.57. The lowest BCUT2D eigenvalue weighted by molar-refractivity contribution is 0.171. The van der Waals surface area contributed by atoms with E-state index >= 15 is 0 Å². The first kappa shape index (κ1) is 12.4. The Morgan fingerprint density at radius 2 is 1.50 bits per heavy atom. The van der Waals surface area contributed by atoms with Gasteiger partial charge >= 0.3 is 0 Å². The first-order valence-electron chi connectivity index (χ1n) is 7.32. The van der Waals surface area contributed by atoms with E-state index in [0.29, 0.717) is 0 Å². The first-order chi connectivity index (χ1) is 7.90. The van der Waals surface area contributed by atoms with Crippen molar-refractivity contribution in [3.05, 3.63) is 0 Å². The van der Waals surface area contributed by atoms with E-state index in [-0.39, 0.29) is 0 Å². The van der Waals surface area contributed by atoms with Crippen molar-refractivity contribution in [2.45, 2.75) is 51.4 Å². The predicted octanol–water partition coefficient (Wildman–Crippen LogP) is 2.47. The maximum absolute atomic E-state index is 5.56. The van der Waals surface area contributed by atoms with Gasteiger partial charge in [0.15, 0.2) is 0 Å². The summed E-state index contributed by atoms with van der Waals surface area (Å²) in [5.74, 6) is 2.12. The molecule has 1 saturated heterocycles. The molecule has 0 amide bonds. The van der Waals surface area contributed by atoms with Crippen LogP contribution in [-0.4, -0.2) is 26.2 Å². The smallest absolute Gasteiger partial charge is 0.124 e. The molecule has 0 aromatic heterocycles. The zero-order valence-electron chi connectivity index (χ0n) is 10.7. The van der Waals surface area contributed by atoms with Crippen molar-refractivity contribution in [2.24, 2.45) is 17.6 Å². The van der Waals surface area contributed by atoms with Gasteiger partial charge in [-0.1, -0.05) is 32.1 Å². The van der Waals surface area contributed by atoms with Gasteiger partial charge in [-0.2, -0.15) is 4.90 Å². The molecule has 1 heterocycles. The summed E-state index contributed by atoms with van der Waals surface area (Å²) in [6, 6.07) is 0. The van der Waals surface area contributed by atoms with E-state index in [1.807, 2.05) is 0 Å². The van der Waals surface area contributed by atoms with E-state index in [1.54, 1.807) is 0 Å². The summed E-state index contributed by atoms with van der Waals surface area (Å²) in [7, 11) is 0. The molecule has 0 spiro atoms. The molecular weight excluding hydrogens is 196 g/mol.